The number of nitrogens with one attached hydrogen (secondary N) is 2. The number of aromatic amines is 2. The molecule has 0 unspecified atom stereocenters. The van der Waals surface area contributed by atoms with Crippen molar-refractivity contribution in [1.82, 2.24) is 20.4 Å². The zero-order valence-electron chi connectivity index (χ0n) is 21.6. The Hall–Kier alpha value is -2.04. The molecule has 2 rings (SSSR count). The molecule has 2 heterocycles. The first-order chi connectivity index (χ1) is 18.6. The van der Waals surface area contributed by atoms with Gasteiger partial charge in [0.25, 0.3) is 0 Å². The maximum atomic E-state index is 12.0. The molecule has 8 nitrogen and oxygen atoms in total. The third kappa shape index (κ3) is 18.5. The lowest BCUT2D eigenvalue weighted by molar-refractivity contribution is -0.130. The van der Waals surface area contributed by atoms with Gasteiger partial charge in [-0.2, -0.15) is 60.9 Å². The monoisotopic (exact) mass is 690 g/mol. The molecule has 18 heteroatoms. The van der Waals surface area contributed by atoms with Gasteiger partial charge in [-0.3, -0.25) is 19.8 Å². The number of aromatic nitrogens is 4. The zero-order chi connectivity index (χ0) is 30.9. The molecule has 0 aliphatic heterocycles. The van der Waals surface area contributed by atoms with Crippen LogP contribution in [0, 0.1) is 0 Å². The highest BCUT2D eigenvalue weighted by molar-refractivity contribution is 7.99. The maximum absolute atomic E-state index is 12.0. The van der Waals surface area contributed by atoms with Crippen LogP contribution in [0.25, 0.3) is 0 Å². The topological polar surface area (TPSA) is 98.0 Å². The molecule has 0 aromatic carbocycles. The lowest BCUT2D eigenvalue weighted by Crippen LogP contribution is -2.30. The number of halogens is 8. The fourth-order valence-corrected chi connectivity index (χ4v) is 4.20. The first-order valence-corrected chi connectivity index (χ1v) is 14.1. The minimum atomic E-state index is -4.14. The van der Waals surface area contributed by atoms with E-state index in [4.69, 9.17) is 23.2 Å². The standard InChI is InChI=1S/C11H15ClF3N3OS.C8H10ClN3O.C3H5F3S.2CH4/c1-2-18(8-7-16-17-10(8)12)9(19)3-5-20-6-4-11(13,14)15;1-3-7(13)12(4-2)6-5-10-11-8(6)9;4-3(5,6)1-2-7;;/h7H,2-6H2,1H3,(H,16,17);3,5H,1,4H2,2H3,(H,10,11);7H,1-2H2;2*1H4. The van der Waals surface area contributed by atoms with Crippen molar-refractivity contribution in [2.45, 2.75) is 60.3 Å². The van der Waals surface area contributed by atoms with Crippen LogP contribution in [-0.4, -0.2) is 74.9 Å². The van der Waals surface area contributed by atoms with Crippen LogP contribution >= 0.6 is 47.6 Å². The lowest BCUT2D eigenvalue weighted by atomic mass is 10.3. The van der Waals surface area contributed by atoms with Crippen LogP contribution in [0.3, 0.4) is 0 Å². The van der Waals surface area contributed by atoms with Gasteiger partial charge in [-0.1, -0.05) is 44.6 Å². The number of hydrogen-bond donors (Lipinski definition) is 3. The number of likely N-dealkylation sites (N-methyl/N-ethyl adjacent to an activating group) is 1. The number of amides is 2. The summed E-state index contributed by atoms with van der Waals surface area (Å²) < 4.78 is 68.8. The van der Waals surface area contributed by atoms with Crippen LogP contribution in [0.4, 0.5) is 37.7 Å². The normalized spacial score (nSPS) is 10.5. The van der Waals surface area contributed by atoms with E-state index in [2.05, 4.69) is 39.6 Å². The number of H-pyrrole nitrogens is 2. The van der Waals surface area contributed by atoms with Crippen molar-refractivity contribution < 1.29 is 35.9 Å². The van der Waals surface area contributed by atoms with E-state index in [0.717, 1.165) is 11.8 Å². The van der Waals surface area contributed by atoms with Crippen LogP contribution in [0.2, 0.25) is 10.3 Å². The van der Waals surface area contributed by atoms with Crippen LogP contribution in [0.15, 0.2) is 25.0 Å². The number of anilines is 2. The summed E-state index contributed by atoms with van der Waals surface area (Å²) in [6.07, 6.45) is -5.44. The molecule has 0 radical (unpaired) electrons. The van der Waals surface area contributed by atoms with Crippen molar-refractivity contribution >= 4 is 70.8 Å². The average molecular weight is 692 g/mol. The zero-order valence-corrected chi connectivity index (χ0v) is 24.8. The Kier molecular flexibility index (Phi) is 23.8. The summed E-state index contributed by atoms with van der Waals surface area (Å²) in [5.41, 5.74) is 1.06. The summed E-state index contributed by atoms with van der Waals surface area (Å²) in [6, 6.07) is 0. The van der Waals surface area contributed by atoms with Crippen molar-refractivity contribution in [2.75, 3.05) is 40.1 Å². The molecule has 2 aromatic heterocycles. The number of hydrogen-bond acceptors (Lipinski definition) is 6. The molecule has 42 heavy (non-hydrogen) atoms. The molecule has 0 saturated heterocycles. The van der Waals surface area contributed by atoms with Crippen molar-refractivity contribution in [3.05, 3.63) is 35.4 Å². The van der Waals surface area contributed by atoms with Gasteiger partial charge in [-0.25, -0.2) is 0 Å². The van der Waals surface area contributed by atoms with Crippen LogP contribution in [0.5, 0.6) is 0 Å². The van der Waals surface area contributed by atoms with Gasteiger partial charge in [0.2, 0.25) is 11.8 Å². The molecule has 2 aromatic rings. The van der Waals surface area contributed by atoms with Crippen LogP contribution in [0.1, 0.15) is 48.0 Å². The molecule has 0 bridgehead atoms. The van der Waals surface area contributed by atoms with E-state index < -0.39 is 25.2 Å². The molecule has 0 aliphatic rings. The molecule has 0 atom stereocenters. The second-order valence-electron chi connectivity index (χ2n) is 7.38. The fourth-order valence-electron chi connectivity index (χ4n) is 2.65. The average Bonchev–Trinajstić information content (AvgIpc) is 3.47. The maximum Gasteiger partial charge on any atom is 0.389 e. The van der Waals surface area contributed by atoms with E-state index in [1.165, 1.54) is 28.3 Å². The van der Waals surface area contributed by atoms with Gasteiger partial charge in [-0.05, 0) is 25.7 Å². The Bertz CT molecular complexity index is 1040. The third-order valence-electron chi connectivity index (χ3n) is 4.49. The third-order valence-corrected chi connectivity index (χ3v) is 6.26. The Balaban J connectivity index is -0.000000596. The van der Waals surface area contributed by atoms with Gasteiger partial charge in [0.1, 0.15) is 21.7 Å². The smallest absolute Gasteiger partial charge is 0.309 e. The second kappa shape index (κ2) is 22.5. The SMILES string of the molecule is C.C.C=CC(=O)N(CC)c1cn[nH]c1Cl.CCN(C(=O)CCSCCC(F)(F)F)c1cn[nH]c1Cl.FC(F)(F)CCS. The van der Waals surface area contributed by atoms with Gasteiger partial charge >= 0.3 is 12.4 Å². The summed E-state index contributed by atoms with van der Waals surface area (Å²) >= 11 is 16.1. The van der Waals surface area contributed by atoms with Crippen molar-refractivity contribution in [2.24, 2.45) is 0 Å². The van der Waals surface area contributed by atoms with E-state index in [0.29, 0.717) is 35.4 Å². The molecule has 244 valence electrons. The number of rotatable bonds is 11. The molecule has 2 N–H and O–H groups in total. The van der Waals surface area contributed by atoms with Crippen LogP contribution in [-0.2, 0) is 9.59 Å². The molecular formula is C24H38Cl2F6N6O2S2. The first kappa shape index (κ1) is 44.4. The summed E-state index contributed by atoms with van der Waals surface area (Å²) in [7, 11) is 0. The van der Waals surface area contributed by atoms with Crippen molar-refractivity contribution in [3.8, 4) is 0 Å². The second-order valence-corrected chi connectivity index (χ2v) is 9.81. The number of carbonyl (C=O) groups is 2. The van der Waals surface area contributed by atoms with Gasteiger partial charge in [0.05, 0.1) is 25.2 Å². The molecule has 0 spiro atoms. The highest BCUT2D eigenvalue weighted by atomic mass is 35.5. The number of thioether (sulfide) groups is 1. The Labute approximate surface area is 262 Å². The highest BCUT2D eigenvalue weighted by Gasteiger charge is 2.26. The summed E-state index contributed by atoms with van der Waals surface area (Å²) in [5.74, 6) is -0.180. The predicted octanol–water partition coefficient (Wildman–Crippen LogP) is 8.23. The van der Waals surface area contributed by atoms with E-state index >= 15 is 0 Å². The molecule has 2 amide bonds. The van der Waals surface area contributed by atoms with E-state index in [1.807, 2.05) is 6.92 Å². The number of alkyl halides is 6. The quantitative estimate of drug-likeness (QED) is 0.0955. The van der Waals surface area contributed by atoms with Gasteiger partial charge in [0.15, 0.2) is 0 Å². The number of thiol groups is 1. The number of nitrogens with zero attached hydrogens (tertiary/aromatic N) is 4. The fraction of sp³-hybridized carbons (Fsp3) is 0.583. The summed E-state index contributed by atoms with van der Waals surface area (Å²) in [6.45, 7) is 8.00. The van der Waals surface area contributed by atoms with Gasteiger partial charge in [-0.15, -0.1) is 0 Å². The summed E-state index contributed by atoms with van der Waals surface area (Å²) in [5, 5.41) is 13.1. The number of carbonyl (C=O) groups excluding carboxylic acids is 2. The molecule has 0 fully saturated rings. The largest absolute Gasteiger partial charge is 0.389 e. The molecule has 0 aliphatic carbocycles. The summed E-state index contributed by atoms with van der Waals surface area (Å²) in [4.78, 5) is 26.2. The minimum Gasteiger partial charge on any atom is -0.309 e. The Morgan fingerprint density at radius 1 is 0.929 bits per heavy atom. The molecule has 0 saturated carbocycles. The van der Waals surface area contributed by atoms with E-state index in [-0.39, 0.29) is 49.7 Å². The lowest BCUT2D eigenvalue weighted by Gasteiger charge is -2.19. The van der Waals surface area contributed by atoms with Gasteiger partial charge < -0.3 is 9.80 Å². The van der Waals surface area contributed by atoms with Gasteiger partial charge in [0, 0.05) is 31.0 Å². The van der Waals surface area contributed by atoms with Crippen LogP contribution < -0.4 is 9.80 Å². The highest BCUT2D eigenvalue weighted by Crippen LogP contribution is 2.25. The Morgan fingerprint density at radius 3 is 1.69 bits per heavy atom. The predicted molar refractivity (Wildman–Crippen MR) is 164 cm³/mol. The molecular weight excluding hydrogens is 653 g/mol. The van der Waals surface area contributed by atoms with Crippen molar-refractivity contribution in [1.29, 1.82) is 0 Å². The van der Waals surface area contributed by atoms with E-state index in [9.17, 15) is 35.9 Å². The van der Waals surface area contributed by atoms with E-state index in [1.54, 1.807) is 6.92 Å². The Morgan fingerprint density at radius 2 is 1.38 bits per heavy atom. The minimum absolute atomic E-state index is 0. The van der Waals surface area contributed by atoms with Crippen molar-refractivity contribution in [3.63, 3.8) is 0 Å². The first-order valence-electron chi connectivity index (χ1n) is 11.6.